The average Bonchev–Trinajstić information content (AvgIpc) is 2.64. The highest BCUT2D eigenvalue weighted by Gasteiger charge is 2.25. The molecule has 0 bridgehead atoms. The van der Waals surface area contributed by atoms with E-state index in [1.54, 1.807) is 6.92 Å². The topological polar surface area (TPSA) is 82.5 Å². The van der Waals surface area contributed by atoms with Crippen molar-refractivity contribution in [3.05, 3.63) is 11.1 Å². The summed E-state index contributed by atoms with van der Waals surface area (Å²) >= 11 is 1.31. The minimum atomic E-state index is -1.01. The predicted octanol–water partition coefficient (Wildman–Crippen LogP) is 1.78. The summed E-state index contributed by atoms with van der Waals surface area (Å²) in [5.41, 5.74) is 0.818. The predicted molar refractivity (Wildman–Crippen MR) is 65.3 cm³/mol. The summed E-state index contributed by atoms with van der Waals surface area (Å²) in [7, 11) is 1.46. The van der Waals surface area contributed by atoms with Crippen molar-refractivity contribution in [1.82, 2.24) is 9.88 Å². The fraction of sp³-hybridized carbons (Fsp3) is 0.500. The molecular formula is C10H15N3O3S. The van der Waals surface area contributed by atoms with Gasteiger partial charge in [0.25, 0.3) is 0 Å². The zero-order chi connectivity index (χ0) is 13.0. The molecule has 7 heteroatoms. The van der Waals surface area contributed by atoms with Gasteiger partial charge in [0, 0.05) is 12.4 Å². The summed E-state index contributed by atoms with van der Waals surface area (Å²) in [5.74, 6) is -1.01. The molecule has 1 unspecified atom stereocenters. The van der Waals surface area contributed by atoms with Crippen LogP contribution in [0.25, 0.3) is 0 Å². The van der Waals surface area contributed by atoms with Crippen LogP contribution < -0.4 is 5.32 Å². The summed E-state index contributed by atoms with van der Waals surface area (Å²) in [6, 6.07) is -1.29. The van der Waals surface area contributed by atoms with Crippen molar-refractivity contribution in [2.24, 2.45) is 0 Å². The Morgan fingerprint density at radius 3 is 2.71 bits per heavy atom. The van der Waals surface area contributed by atoms with Crippen molar-refractivity contribution in [1.29, 1.82) is 0 Å². The number of hydrogen-bond donors (Lipinski definition) is 2. The Morgan fingerprint density at radius 1 is 1.65 bits per heavy atom. The van der Waals surface area contributed by atoms with Gasteiger partial charge in [-0.15, -0.1) is 11.3 Å². The van der Waals surface area contributed by atoms with Gasteiger partial charge in [0.1, 0.15) is 6.04 Å². The molecule has 17 heavy (non-hydrogen) atoms. The second kappa shape index (κ2) is 5.62. The molecular weight excluding hydrogens is 242 g/mol. The van der Waals surface area contributed by atoms with Crippen LogP contribution in [0.15, 0.2) is 5.38 Å². The Labute approximate surface area is 103 Å². The van der Waals surface area contributed by atoms with Crippen LogP contribution in [0.1, 0.15) is 19.0 Å². The monoisotopic (exact) mass is 257 g/mol. The molecule has 94 valence electrons. The Kier molecular flexibility index (Phi) is 4.45. The van der Waals surface area contributed by atoms with Gasteiger partial charge in [0.05, 0.1) is 5.69 Å². The first kappa shape index (κ1) is 13.4. The molecule has 1 rings (SSSR count). The van der Waals surface area contributed by atoms with Crippen LogP contribution in [0.3, 0.4) is 0 Å². The van der Waals surface area contributed by atoms with Crippen LogP contribution in [-0.2, 0) is 4.79 Å². The molecule has 0 fully saturated rings. The summed E-state index contributed by atoms with van der Waals surface area (Å²) in [6.07, 6.45) is 0.357. The number of carbonyl (C=O) groups excluding carboxylic acids is 1. The number of likely N-dealkylation sites (N-methyl/N-ethyl adjacent to an activating group) is 1. The quantitative estimate of drug-likeness (QED) is 0.861. The van der Waals surface area contributed by atoms with E-state index >= 15 is 0 Å². The fourth-order valence-electron chi connectivity index (χ4n) is 1.35. The second-order valence-electron chi connectivity index (χ2n) is 3.60. The molecule has 0 aliphatic heterocycles. The number of aliphatic carboxylic acids is 1. The maximum Gasteiger partial charge on any atom is 0.326 e. The van der Waals surface area contributed by atoms with Gasteiger partial charge in [-0.05, 0) is 13.3 Å². The van der Waals surface area contributed by atoms with E-state index in [0.29, 0.717) is 11.6 Å². The van der Waals surface area contributed by atoms with Crippen LogP contribution in [-0.4, -0.2) is 40.1 Å². The number of aryl methyl sites for hydroxylation is 1. The van der Waals surface area contributed by atoms with E-state index in [2.05, 4.69) is 10.3 Å². The van der Waals surface area contributed by atoms with E-state index in [1.165, 1.54) is 23.3 Å². The van der Waals surface area contributed by atoms with Crippen molar-refractivity contribution in [2.75, 3.05) is 12.4 Å². The smallest absolute Gasteiger partial charge is 0.326 e. The molecule has 0 aliphatic rings. The van der Waals surface area contributed by atoms with E-state index in [-0.39, 0.29) is 0 Å². The number of aromatic nitrogens is 1. The molecule has 0 saturated heterocycles. The van der Waals surface area contributed by atoms with E-state index in [4.69, 9.17) is 5.11 Å². The van der Waals surface area contributed by atoms with Crippen LogP contribution in [0.2, 0.25) is 0 Å². The molecule has 0 aliphatic carbocycles. The van der Waals surface area contributed by atoms with Crippen molar-refractivity contribution in [3.63, 3.8) is 0 Å². The molecule has 2 amide bonds. The van der Waals surface area contributed by atoms with Crippen LogP contribution in [0.5, 0.6) is 0 Å². The number of carboxylic acids is 1. The van der Waals surface area contributed by atoms with Gasteiger partial charge in [-0.2, -0.15) is 0 Å². The molecule has 2 N–H and O–H groups in total. The zero-order valence-corrected chi connectivity index (χ0v) is 10.7. The summed E-state index contributed by atoms with van der Waals surface area (Å²) in [4.78, 5) is 27.9. The Morgan fingerprint density at radius 2 is 2.29 bits per heavy atom. The standard InChI is InChI=1S/C10H15N3O3S/c1-4-7(8(14)15)13(3)10(16)12-9-11-6(2)5-17-9/h5,7H,4H2,1-3H3,(H,14,15)(H,11,12,16). The van der Waals surface area contributed by atoms with E-state index in [0.717, 1.165) is 5.69 Å². The van der Waals surface area contributed by atoms with Crippen LogP contribution in [0, 0.1) is 6.92 Å². The molecule has 0 saturated carbocycles. The number of anilines is 1. The number of urea groups is 1. The Hall–Kier alpha value is -1.63. The first-order valence-corrected chi connectivity index (χ1v) is 6.02. The number of rotatable bonds is 4. The normalized spacial score (nSPS) is 11.9. The first-order chi connectivity index (χ1) is 7.95. The number of nitrogens with one attached hydrogen (secondary N) is 1. The number of amides is 2. The number of thiazole rings is 1. The van der Waals surface area contributed by atoms with Gasteiger partial charge in [-0.1, -0.05) is 6.92 Å². The summed E-state index contributed by atoms with van der Waals surface area (Å²) < 4.78 is 0. The Bertz CT molecular complexity index is 419. The molecule has 1 aromatic heterocycles. The molecule has 6 nitrogen and oxygen atoms in total. The first-order valence-electron chi connectivity index (χ1n) is 5.14. The number of carboxylic acid groups (broad SMARTS) is 1. The molecule has 1 heterocycles. The minimum absolute atomic E-state index is 0.357. The molecule has 0 radical (unpaired) electrons. The van der Waals surface area contributed by atoms with Gasteiger partial charge in [-0.25, -0.2) is 14.6 Å². The van der Waals surface area contributed by atoms with Gasteiger partial charge in [0.15, 0.2) is 5.13 Å². The Balaban J connectivity index is 2.66. The lowest BCUT2D eigenvalue weighted by molar-refractivity contribution is -0.141. The zero-order valence-electron chi connectivity index (χ0n) is 9.93. The highest BCUT2D eigenvalue weighted by molar-refractivity contribution is 7.13. The lowest BCUT2D eigenvalue weighted by atomic mass is 10.2. The SMILES string of the molecule is CCC(C(=O)O)N(C)C(=O)Nc1nc(C)cs1. The van der Waals surface area contributed by atoms with Crippen molar-refractivity contribution in [3.8, 4) is 0 Å². The van der Waals surface area contributed by atoms with Crippen molar-refractivity contribution >= 4 is 28.5 Å². The van der Waals surface area contributed by atoms with Gasteiger partial charge in [0.2, 0.25) is 0 Å². The van der Waals surface area contributed by atoms with Gasteiger partial charge in [-0.3, -0.25) is 5.32 Å². The minimum Gasteiger partial charge on any atom is -0.480 e. The summed E-state index contributed by atoms with van der Waals surface area (Å²) in [6.45, 7) is 3.54. The highest BCUT2D eigenvalue weighted by atomic mass is 32.1. The molecule has 0 aromatic carbocycles. The molecule has 1 atom stereocenters. The maximum atomic E-state index is 11.7. The third kappa shape index (κ3) is 3.42. The number of hydrogen-bond acceptors (Lipinski definition) is 4. The van der Waals surface area contributed by atoms with Crippen LogP contribution in [0.4, 0.5) is 9.93 Å². The van der Waals surface area contributed by atoms with E-state index in [1.807, 2.05) is 12.3 Å². The van der Waals surface area contributed by atoms with E-state index in [9.17, 15) is 9.59 Å². The van der Waals surface area contributed by atoms with Crippen LogP contribution >= 0.6 is 11.3 Å². The largest absolute Gasteiger partial charge is 0.480 e. The molecule has 0 spiro atoms. The molecule has 1 aromatic rings. The number of carbonyl (C=O) groups is 2. The lowest BCUT2D eigenvalue weighted by Crippen LogP contribution is -2.44. The van der Waals surface area contributed by atoms with E-state index < -0.39 is 18.0 Å². The average molecular weight is 257 g/mol. The summed E-state index contributed by atoms with van der Waals surface area (Å²) in [5, 5.41) is 13.8. The third-order valence-corrected chi connectivity index (χ3v) is 3.17. The van der Waals surface area contributed by atoms with Crippen molar-refractivity contribution in [2.45, 2.75) is 26.3 Å². The maximum absolute atomic E-state index is 11.7. The van der Waals surface area contributed by atoms with Gasteiger partial charge < -0.3 is 10.0 Å². The number of nitrogens with zero attached hydrogens (tertiary/aromatic N) is 2. The lowest BCUT2D eigenvalue weighted by Gasteiger charge is -2.23. The highest BCUT2D eigenvalue weighted by Crippen LogP contribution is 2.15. The fourth-order valence-corrected chi connectivity index (χ4v) is 2.02. The van der Waals surface area contributed by atoms with Crippen molar-refractivity contribution < 1.29 is 14.7 Å². The van der Waals surface area contributed by atoms with Gasteiger partial charge >= 0.3 is 12.0 Å². The second-order valence-corrected chi connectivity index (χ2v) is 4.46. The third-order valence-electron chi connectivity index (χ3n) is 2.29.